The molecule has 3 aromatic rings. The average molecular weight is 279 g/mol. The minimum absolute atomic E-state index is 0.678. The van der Waals surface area contributed by atoms with Crippen LogP contribution in [0.4, 0.5) is 5.69 Å². The van der Waals surface area contributed by atoms with Crippen LogP contribution in [0.3, 0.4) is 0 Å². The Kier molecular flexibility index (Phi) is 3.96. The summed E-state index contributed by atoms with van der Waals surface area (Å²) in [6, 6.07) is 18.0. The second kappa shape index (κ2) is 6.22. The maximum Gasteiger partial charge on any atom is 0.226 e. The van der Waals surface area contributed by atoms with Crippen molar-refractivity contribution in [2.45, 2.75) is 19.3 Å². The van der Waals surface area contributed by atoms with Gasteiger partial charge in [0.2, 0.25) is 5.89 Å². The largest absolute Gasteiger partial charge is 0.399 e. The molecule has 0 bridgehead atoms. The Morgan fingerprint density at radius 3 is 2.38 bits per heavy atom. The summed E-state index contributed by atoms with van der Waals surface area (Å²) in [5.74, 6) is 1.41. The molecule has 0 aliphatic carbocycles. The third kappa shape index (κ3) is 3.69. The van der Waals surface area contributed by atoms with Crippen LogP contribution in [-0.2, 0) is 19.3 Å². The Labute approximate surface area is 123 Å². The first-order valence-corrected chi connectivity index (χ1v) is 6.99. The van der Waals surface area contributed by atoms with Crippen LogP contribution < -0.4 is 5.73 Å². The van der Waals surface area contributed by atoms with Crippen molar-refractivity contribution in [3.8, 4) is 0 Å². The SMILES string of the molecule is Nc1ccc(CCc2nc(Cc3ccccc3)no2)cc1. The van der Waals surface area contributed by atoms with Crippen LogP contribution in [0.5, 0.6) is 0 Å². The molecule has 4 nitrogen and oxygen atoms in total. The molecule has 0 fully saturated rings. The van der Waals surface area contributed by atoms with Crippen LogP contribution in [0.25, 0.3) is 0 Å². The molecule has 21 heavy (non-hydrogen) atoms. The fourth-order valence-corrected chi connectivity index (χ4v) is 2.18. The van der Waals surface area contributed by atoms with Gasteiger partial charge < -0.3 is 10.3 Å². The fraction of sp³-hybridized carbons (Fsp3) is 0.176. The molecule has 1 aromatic heterocycles. The number of nitrogens with zero attached hydrogens (tertiary/aromatic N) is 2. The summed E-state index contributed by atoms with van der Waals surface area (Å²) in [5, 5.41) is 4.03. The van der Waals surface area contributed by atoms with Crippen molar-refractivity contribution < 1.29 is 4.52 Å². The van der Waals surface area contributed by atoms with Crippen molar-refractivity contribution in [3.63, 3.8) is 0 Å². The highest BCUT2D eigenvalue weighted by molar-refractivity contribution is 5.39. The minimum atomic E-state index is 0.678. The van der Waals surface area contributed by atoms with E-state index in [0.717, 1.165) is 24.4 Å². The van der Waals surface area contributed by atoms with Gasteiger partial charge >= 0.3 is 0 Å². The molecule has 0 amide bonds. The summed E-state index contributed by atoms with van der Waals surface area (Å²) in [7, 11) is 0. The zero-order valence-electron chi connectivity index (χ0n) is 11.7. The number of nitrogen functional groups attached to an aromatic ring is 1. The Balaban J connectivity index is 1.59. The first-order chi connectivity index (χ1) is 10.3. The molecular weight excluding hydrogens is 262 g/mol. The first kappa shape index (κ1) is 13.4. The molecular formula is C17H17N3O. The van der Waals surface area contributed by atoms with Gasteiger partial charge in [0.15, 0.2) is 5.82 Å². The van der Waals surface area contributed by atoms with E-state index in [4.69, 9.17) is 10.3 Å². The van der Waals surface area contributed by atoms with Gasteiger partial charge in [0, 0.05) is 18.5 Å². The Bertz CT molecular complexity index is 690. The van der Waals surface area contributed by atoms with Crippen molar-refractivity contribution in [2.24, 2.45) is 0 Å². The van der Waals surface area contributed by atoms with Crippen LogP contribution in [0.1, 0.15) is 22.8 Å². The maximum absolute atomic E-state index is 5.67. The number of rotatable bonds is 5. The van der Waals surface area contributed by atoms with Gasteiger partial charge in [-0.15, -0.1) is 0 Å². The van der Waals surface area contributed by atoms with Crippen LogP contribution >= 0.6 is 0 Å². The standard InChI is InChI=1S/C17H17N3O/c18-15-9-6-13(7-10-15)8-11-17-19-16(20-21-17)12-14-4-2-1-3-5-14/h1-7,9-10H,8,11-12,18H2. The molecule has 4 heteroatoms. The van der Waals surface area contributed by atoms with Crippen molar-refractivity contribution in [3.05, 3.63) is 77.4 Å². The smallest absolute Gasteiger partial charge is 0.226 e. The number of aryl methyl sites for hydroxylation is 2. The van der Waals surface area contributed by atoms with E-state index in [9.17, 15) is 0 Å². The third-order valence-corrected chi connectivity index (χ3v) is 3.32. The van der Waals surface area contributed by atoms with Gasteiger partial charge in [0.05, 0.1) is 0 Å². The van der Waals surface area contributed by atoms with Gasteiger partial charge in [-0.1, -0.05) is 47.6 Å². The minimum Gasteiger partial charge on any atom is -0.399 e. The lowest BCUT2D eigenvalue weighted by atomic mass is 10.1. The van der Waals surface area contributed by atoms with E-state index < -0.39 is 0 Å². The van der Waals surface area contributed by atoms with E-state index in [1.54, 1.807) is 0 Å². The number of aromatic nitrogens is 2. The third-order valence-electron chi connectivity index (χ3n) is 3.32. The Morgan fingerprint density at radius 2 is 1.62 bits per heavy atom. The summed E-state index contributed by atoms with van der Waals surface area (Å²) in [6.07, 6.45) is 2.31. The highest BCUT2D eigenvalue weighted by atomic mass is 16.5. The van der Waals surface area contributed by atoms with E-state index in [0.29, 0.717) is 12.3 Å². The van der Waals surface area contributed by atoms with E-state index >= 15 is 0 Å². The molecule has 2 N–H and O–H groups in total. The number of nitrogens with two attached hydrogens (primary N) is 1. The van der Waals surface area contributed by atoms with Gasteiger partial charge in [-0.05, 0) is 29.7 Å². The molecule has 0 radical (unpaired) electrons. The zero-order chi connectivity index (χ0) is 14.5. The lowest BCUT2D eigenvalue weighted by Gasteiger charge is -1.98. The number of anilines is 1. The summed E-state index contributed by atoms with van der Waals surface area (Å²) < 4.78 is 5.30. The van der Waals surface area contributed by atoms with Crippen molar-refractivity contribution in [2.75, 3.05) is 5.73 Å². The molecule has 106 valence electrons. The molecule has 3 rings (SSSR count). The molecule has 0 aliphatic heterocycles. The van der Waals surface area contributed by atoms with E-state index in [2.05, 4.69) is 22.3 Å². The normalized spacial score (nSPS) is 10.7. The second-order valence-corrected chi connectivity index (χ2v) is 5.01. The topological polar surface area (TPSA) is 64.9 Å². The number of hydrogen-bond donors (Lipinski definition) is 1. The lowest BCUT2D eigenvalue weighted by molar-refractivity contribution is 0.374. The number of benzene rings is 2. The highest BCUT2D eigenvalue weighted by Crippen LogP contribution is 2.10. The summed E-state index contributed by atoms with van der Waals surface area (Å²) >= 11 is 0. The van der Waals surface area contributed by atoms with Gasteiger partial charge in [-0.2, -0.15) is 4.98 Å². The van der Waals surface area contributed by atoms with Crippen molar-refractivity contribution in [1.82, 2.24) is 10.1 Å². The summed E-state index contributed by atoms with van der Waals surface area (Å²) in [6.45, 7) is 0. The quantitative estimate of drug-likeness (QED) is 0.729. The van der Waals surface area contributed by atoms with Crippen molar-refractivity contribution >= 4 is 5.69 Å². The number of hydrogen-bond acceptors (Lipinski definition) is 4. The second-order valence-electron chi connectivity index (χ2n) is 5.01. The first-order valence-electron chi connectivity index (χ1n) is 6.99. The monoisotopic (exact) mass is 279 g/mol. The van der Waals surface area contributed by atoms with E-state index in [1.165, 1.54) is 11.1 Å². The fourth-order valence-electron chi connectivity index (χ4n) is 2.18. The lowest BCUT2D eigenvalue weighted by Crippen LogP contribution is -1.94. The van der Waals surface area contributed by atoms with Crippen LogP contribution in [0.15, 0.2) is 59.1 Å². The molecule has 0 unspecified atom stereocenters. The van der Waals surface area contributed by atoms with E-state index in [1.807, 2.05) is 42.5 Å². The maximum atomic E-state index is 5.67. The predicted molar refractivity (Wildman–Crippen MR) is 81.8 cm³/mol. The van der Waals surface area contributed by atoms with Crippen LogP contribution in [0.2, 0.25) is 0 Å². The van der Waals surface area contributed by atoms with E-state index in [-0.39, 0.29) is 0 Å². The summed E-state index contributed by atoms with van der Waals surface area (Å²) in [5.41, 5.74) is 8.85. The Hall–Kier alpha value is -2.62. The predicted octanol–water partition coefficient (Wildman–Crippen LogP) is 3.03. The van der Waals surface area contributed by atoms with Gasteiger partial charge in [-0.25, -0.2) is 0 Å². The Morgan fingerprint density at radius 1 is 0.857 bits per heavy atom. The highest BCUT2D eigenvalue weighted by Gasteiger charge is 2.07. The zero-order valence-corrected chi connectivity index (χ0v) is 11.7. The molecule has 0 saturated carbocycles. The molecule has 2 aromatic carbocycles. The molecule has 0 atom stereocenters. The average Bonchev–Trinajstić information content (AvgIpc) is 2.95. The molecule has 0 aliphatic rings. The molecule has 1 heterocycles. The van der Waals surface area contributed by atoms with Gasteiger partial charge in [0.1, 0.15) is 0 Å². The van der Waals surface area contributed by atoms with Crippen molar-refractivity contribution in [1.29, 1.82) is 0 Å². The van der Waals surface area contributed by atoms with Crippen LogP contribution in [0, 0.1) is 0 Å². The van der Waals surface area contributed by atoms with Crippen LogP contribution in [-0.4, -0.2) is 10.1 Å². The van der Waals surface area contributed by atoms with Gasteiger partial charge in [0.25, 0.3) is 0 Å². The molecule has 0 saturated heterocycles. The van der Waals surface area contributed by atoms with Gasteiger partial charge in [-0.3, -0.25) is 0 Å². The summed E-state index contributed by atoms with van der Waals surface area (Å²) in [4.78, 5) is 4.44. The molecule has 0 spiro atoms.